The van der Waals surface area contributed by atoms with E-state index in [1.807, 2.05) is 62.9 Å². The molecule has 1 aliphatic rings. The molecule has 0 spiro atoms. The predicted molar refractivity (Wildman–Crippen MR) is 91.8 cm³/mol. The van der Waals surface area contributed by atoms with Crippen LogP contribution >= 0.6 is 0 Å². The highest BCUT2D eigenvalue weighted by atomic mass is 16.2. The summed E-state index contributed by atoms with van der Waals surface area (Å²) < 4.78 is 0. The zero-order chi connectivity index (χ0) is 17.0. The number of likely N-dealkylation sites (tertiary alicyclic amines) is 1. The van der Waals surface area contributed by atoms with Crippen LogP contribution in [0.25, 0.3) is 0 Å². The van der Waals surface area contributed by atoms with Gasteiger partial charge in [-0.05, 0) is 25.3 Å². The van der Waals surface area contributed by atoms with Crippen LogP contribution in [0.5, 0.6) is 0 Å². The molecule has 23 heavy (non-hydrogen) atoms. The third-order valence-corrected chi connectivity index (χ3v) is 4.38. The zero-order valence-corrected chi connectivity index (χ0v) is 14.6. The highest BCUT2D eigenvalue weighted by molar-refractivity contribution is 5.84. The quantitative estimate of drug-likeness (QED) is 0.931. The van der Waals surface area contributed by atoms with Crippen LogP contribution in [-0.2, 0) is 9.59 Å². The van der Waals surface area contributed by atoms with Crippen LogP contribution in [0.4, 0.5) is 0 Å². The van der Waals surface area contributed by atoms with Crippen molar-refractivity contribution in [1.29, 1.82) is 0 Å². The molecule has 4 heteroatoms. The van der Waals surface area contributed by atoms with Crippen molar-refractivity contribution < 1.29 is 9.59 Å². The molecule has 1 aromatic rings. The van der Waals surface area contributed by atoms with Crippen molar-refractivity contribution in [3.8, 4) is 0 Å². The van der Waals surface area contributed by atoms with Gasteiger partial charge in [0.05, 0.1) is 12.0 Å². The first-order valence-electron chi connectivity index (χ1n) is 8.43. The van der Waals surface area contributed by atoms with Gasteiger partial charge < -0.3 is 10.2 Å². The molecule has 0 aliphatic carbocycles. The summed E-state index contributed by atoms with van der Waals surface area (Å²) in [5.74, 6) is 0.0695. The van der Waals surface area contributed by atoms with Crippen LogP contribution in [0.3, 0.4) is 0 Å². The van der Waals surface area contributed by atoms with E-state index in [-0.39, 0.29) is 23.8 Å². The van der Waals surface area contributed by atoms with Gasteiger partial charge in [-0.3, -0.25) is 9.59 Å². The van der Waals surface area contributed by atoms with E-state index < -0.39 is 5.41 Å². The summed E-state index contributed by atoms with van der Waals surface area (Å²) in [6, 6.07) is 9.93. The molecule has 2 amide bonds. The summed E-state index contributed by atoms with van der Waals surface area (Å²) in [5, 5.41) is 3.09. The third kappa shape index (κ3) is 4.57. The fourth-order valence-electron chi connectivity index (χ4n) is 3.01. The Hall–Kier alpha value is -1.84. The molecule has 1 saturated heterocycles. The second kappa shape index (κ2) is 7.16. The summed E-state index contributed by atoms with van der Waals surface area (Å²) in [5.41, 5.74) is 0.703. The van der Waals surface area contributed by atoms with Crippen LogP contribution < -0.4 is 5.32 Å². The SMILES string of the molecule is C[C@H](NC(=O)[C@@H]1CCCN(C(=O)C(C)(C)C)C1)c1ccccc1. The van der Waals surface area contributed by atoms with Gasteiger partial charge in [0.15, 0.2) is 0 Å². The van der Waals surface area contributed by atoms with Crippen molar-refractivity contribution in [1.82, 2.24) is 10.2 Å². The van der Waals surface area contributed by atoms with Crippen LogP contribution in [-0.4, -0.2) is 29.8 Å². The minimum absolute atomic E-state index is 0.0163. The Morgan fingerprint density at radius 2 is 1.87 bits per heavy atom. The van der Waals surface area contributed by atoms with Gasteiger partial charge in [0, 0.05) is 18.5 Å². The Labute approximate surface area is 139 Å². The number of hydrogen-bond acceptors (Lipinski definition) is 2. The maximum atomic E-state index is 12.6. The lowest BCUT2D eigenvalue weighted by Crippen LogP contribution is -2.48. The van der Waals surface area contributed by atoms with E-state index in [0.717, 1.165) is 24.9 Å². The molecule has 0 aromatic heterocycles. The Morgan fingerprint density at radius 1 is 1.22 bits per heavy atom. The predicted octanol–water partition coefficient (Wildman–Crippen LogP) is 3.15. The monoisotopic (exact) mass is 316 g/mol. The lowest BCUT2D eigenvalue weighted by molar-refractivity contribution is -0.142. The fraction of sp³-hybridized carbons (Fsp3) is 0.579. The molecule has 2 atom stereocenters. The summed E-state index contributed by atoms with van der Waals surface area (Å²) >= 11 is 0. The van der Waals surface area contributed by atoms with Gasteiger partial charge in [-0.1, -0.05) is 51.1 Å². The molecule has 1 aromatic carbocycles. The van der Waals surface area contributed by atoms with Crippen LogP contribution in [0, 0.1) is 11.3 Å². The zero-order valence-electron chi connectivity index (χ0n) is 14.6. The second-order valence-corrected chi connectivity index (χ2v) is 7.48. The van der Waals surface area contributed by atoms with Crippen LogP contribution in [0.1, 0.15) is 52.1 Å². The third-order valence-electron chi connectivity index (χ3n) is 4.38. The lowest BCUT2D eigenvalue weighted by atomic mass is 9.90. The Balaban J connectivity index is 1.96. The lowest BCUT2D eigenvalue weighted by Gasteiger charge is -2.36. The van der Waals surface area contributed by atoms with E-state index >= 15 is 0 Å². The van der Waals surface area contributed by atoms with E-state index in [1.165, 1.54) is 0 Å². The van der Waals surface area contributed by atoms with E-state index in [1.54, 1.807) is 0 Å². The first-order valence-corrected chi connectivity index (χ1v) is 8.43. The van der Waals surface area contributed by atoms with Crippen LogP contribution in [0.2, 0.25) is 0 Å². The molecular formula is C19H28N2O2. The van der Waals surface area contributed by atoms with Crippen LogP contribution in [0.15, 0.2) is 30.3 Å². The highest BCUT2D eigenvalue weighted by Gasteiger charge is 2.33. The molecule has 1 heterocycles. The number of carbonyl (C=O) groups is 2. The van der Waals surface area contributed by atoms with Crippen molar-refractivity contribution >= 4 is 11.8 Å². The maximum Gasteiger partial charge on any atom is 0.227 e. The number of carbonyl (C=O) groups excluding carboxylic acids is 2. The van der Waals surface area contributed by atoms with Gasteiger partial charge in [0.2, 0.25) is 11.8 Å². The molecule has 1 fully saturated rings. The normalized spacial score (nSPS) is 20.0. The highest BCUT2D eigenvalue weighted by Crippen LogP contribution is 2.24. The van der Waals surface area contributed by atoms with E-state index in [4.69, 9.17) is 0 Å². The maximum absolute atomic E-state index is 12.6. The van der Waals surface area contributed by atoms with Gasteiger partial charge in [-0.25, -0.2) is 0 Å². The number of benzene rings is 1. The number of rotatable bonds is 3. The van der Waals surface area contributed by atoms with E-state index in [9.17, 15) is 9.59 Å². The van der Waals surface area contributed by atoms with E-state index in [0.29, 0.717) is 6.54 Å². The molecule has 0 bridgehead atoms. The van der Waals surface area contributed by atoms with Crippen molar-refractivity contribution in [2.75, 3.05) is 13.1 Å². The van der Waals surface area contributed by atoms with Crippen molar-refractivity contribution in [3.05, 3.63) is 35.9 Å². The fourth-order valence-corrected chi connectivity index (χ4v) is 3.01. The van der Waals surface area contributed by atoms with Gasteiger partial charge in [0.1, 0.15) is 0 Å². The Kier molecular flexibility index (Phi) is 5.45. The number of piperidine rings is 1. The van der Waals surface area contributed by atoms with Crippen molar-refractivity contribution in [2.45, 2.75) is 46.6 Å². The largest absolute Gasteiger partial charge is 0.349 e. The summed E-state index contributed by atoms with van der Waals surface area (Å²) in [7, 11) is 0. The molecule has 1 N–H and O–H groups in total. The summed E-state index contributed by atoms with van der Waals surface area (Å²) in [6.07, 6.45) is 1.74. The Morgan fingerprint density at radius 3 is 2.48 bits per heavy atom. The molecular weight excluding hydrogens is 288 g/mol. The second-order valence-electron chi connectivity index (χ2n) is 7.48. The number of hydrogen-bond donors (Lipinski definition) is 1. The van der Waals surface area contributed by atoms with E-state index in [2.05, 4.69) is 5.32 Å². The van der Waals surface area contributed by atoms with Crippen molar-refractivity contribution in [2.24, 2.45) is 11.3 Å². The first-order chi connectivity index (χ1) is 10.8. The average Bonchev–Trinajstić information content (AvgIpc) is 2.54. The van der Waals surface area contributed by atoms with Gasteiger partial charge >= 0.3 is 0 Å². The minimum atomic E-state index is -0.393. The number of amides is 2. The molecule has 1 aliphatic heterocycles. The summed E-state index contributed by atoms with van der Waals surface area (Å²) in [4.78, 5) is 26.8. The Bertz CT molecular complexity index is 548. The molecule has 126 valence electrons. The standard InChI is InChI=1S/C19H28N2O2/c1-14(15-9-6-5-7-10-15)20-17(22)16-11-8-12-21(13-16)18(23)19(2,3)4/h5-7,9-10,14,16H,8,11-13H2,1-4H3,(H,20,22)/t14-,16+/m0/s1. The average molecular weight is 316 g/mol. The number of nitrogens with zero attached hydrogens (tertiary/aromatic N) is 1. The smallest absolute Gasteiger partial charge is 0.227 e. The molecule has 0 saturated carbocycles. The van der Waals surface area contributed by atoms with Gasteiger partial charge in [-0.15, -0.1) is 0 Å². The molecule has 2 rings (SSSR count). The van der Waals surface area contributed by atoms with Crippen molar-refractivity contribution in [3.63, 3.8) is 0 Å². The molecule has 4 nitrogen and oxygen atoms in total. The molecule has 0 unspecified atom stereocenters. The summed E-state index contributed by atoms with van der Waals surface area (Å²) in [6.45, 7) is 9.06. The van der Waals surface area contributed by atoms with Gasteiger partial charge in [0.25, 0.3) is 0 Å². The minimum Gasteiger partial charge on any atom is -0.349 e. The number of nitrogens with one attached hydrogen (secondary N) is 1. The topological polar surface area (TPSA) is 49.4 Å². The first kappa shape index (κ1) is 17.5. The molecule has 0 radical (unpaired) electrons. The van der Waals surface area contributed by atoms with Gasteiger partial charge in [-0.2, -0.15) is 0 Å².